The first-order chi connectivity index (χ1) is 15.8. The van der Waals surface area contributed by atoms with Crippen LogP contribution in [0.5, 0.6) is 0 Å². The van der Waals surface area contributed by atoms with Crippen LogP contribution in [0.4, 0.5) is 4.79 Å². The minimum Gasteiger partial charge on any atom is -0.336 e. The molecule has 1 saturated heterocycles. The van der Waals surface area contributed by atoms with E-state index in [1.807, 2.05) is 36.9 Å². The smallest absolute Gasteiger partial charge is 0.330 e. The first kappa shape index (κ1) is 23.0. The van der Waals surface area contributed by atoms with Crippen molar-refractivity contribution >= 4 is 17.2 Å². The molecule has 2 aromatic heterocycles. The Balaban J connectivity index is 1.60. The summed E-state index contributed by atoms with van der Waals surface area (Å²) in [5.41, 5.74) is 3.52. The highest BCUT2D eigenvalue weighted by Crippen LogP contribution is 2.28. The van der Waals surface area contributed by atoms with Crippen molar-refractivity contribution in [3.05, 3.63) is 46.5 Å². The Labute approximate surface area is 194 Å². The van der Waals surface area contributed by atoms with Crippen molar-refractivity contribution in [3.8, 4) is 11.4 Å². The van der Waals surface area contributed by atoms with Crippen LogP contribution in [0.3, 0.4) is 0 Å². The summed E-state index contributed by atoms with van der Waals surface area (Å²) in [7, 11) is 1.77. The number of aromatic nitrogens is 4. The zero-order chi connectivity index (χ0) is 23.7. The van der Waals surface area contributed by atoms with Crippen LogP contribution in [0.1, 0.15) is 52.0 Å². The van der Waals surface area contributed by atoms with E-state index >= 15 is 0 Å². The van der Waals surface area contributed by atoms with Gasteiger partial charge in [-0.25, -0.2) is 19.6 Å². The molecule has 2 amide bonds. The Kier molecular flexibility index (Phi) is 6.54. The molecule has 1 N–H and O–H groups in total. The first-order valence-corrected chi connectivity index (χ1v) is 11.8. The molecule has 3 heterocycles. The van der Waals surface area contributed by atoms with Crippen molar-refractivity contribution in [2.75, 3.05) is 13.1 Å². The maximum absolute atomic E-state index is 13.1. The fraction of sp³-hybridized carbons (Fsp3) is 0.520. The van der Waals surface area contributed by atoms with Gasteiger partial charge in [-0.15, -0.1) is 0 Å². The van der Waals surface area contributed by atoms with Gasteiger partial charge in [-0.3, -0.25) is 9.13 Å². The second-order valence-electron chi connectivity index (χ2n) is 9.63. The van der Waals surface area contributed by atoms with E-state index in [9.17, 15) is 9.59 Å². The summed E-state index contributed by atoms with van der Waals surface area (Å²) in [6.07, 6.45) is 3.48. The second-order valence-corrected chi connectivity index (χ2v) is 9.63. The third-order valence-electron chi connectivity index (χ3n) is 6.46. The van der Waals surface area contributed by atoms with Gasteiger partial charge >= 0.3 is 11.7 Å². The quantitative estimate of drug-likeness (QED) is 0.642. The van der Waals surface area contributed by atoms with Gasteiger partial charge in [0.15, 0.2) is 11.5 Å². The molecule has 0 radical (unpaired) electrons. The lowest BCUT2D eigenvalue weighted by Crippen LogP contribution is -2.47. The molecular formula is C25H34N6O2. The Hall–Kier alpha value is -3.16. The summed E-state index contributed by atoms with van der Waals surface area (Å²) in [6, 6.07) is 8.29. The fourth-order valence-electron chi connectivity index (χ4n) is 4.59. The summed E-state index contributed by atoms with van der Waals surface area (Å²) < 4.78 is 3.41. The van der Waals surface area contributed by atoms with Crippen molar-refractivity contribution in [3.63, 3.8) is 0 Å². The molecule has 0 saturated carbocycles. The maximum Gasteiger partial charge on any atom is 0.330 e. The van der Waals surface area contributed by atoms with E-state index in [-0.39, 0.29) is 17.8 Å². The van der Waals surface area contributed by atoms with Crippen molar-refractivity contribution in [1.29, 1.82) is 0 Å². The van der Waals surface area contributed by atoms with Gasteiger partial charge in [-0.05, 0) is 44.1 Å². The van der Waals surface area contributed by atoms with Gasteiger partial charge in [0.25, 0.3) is 0 Å². The molecule has 0 aliphatic carbocycles. The van der Waals surface area contributed by atoms with Crippen LogP contribution in [0.25, 0.3) is 22.6 Å². The largest absolute Gasteiger partial charge is 0.336 e. The lowest BCUT2D eigenvalue weighted by Gasteiger charge is -2.32. The number of aryl methyl sites for hydroxylation is 1. The number of nitrogens with one attached hydrogen (secondary N) is 1. The minimum atomic E-state index is -0.0754. The molecule has 176 valence electrons. The van der Waals surface area contributed by atoms with Crippen molar-refractivity contribution in [2.24, 2.45) is 13.0 Å². The van der Waals surface area contributed by atoms with E-state index in [4.69, 9.17) is 4.98 Å². The molecule has 3 aromatic rings. The standard InChI is InChI=1S/C25H34N6O2/c1-16(2)19-8-6-7-9-20(19)22-26-14-21-23(28-22)31(25(33)29(21)5)15-18-10-12-30(13-11-18)24(32)27-17(3)4/h6-9,14,16-18H,10-13,15H2,1-5H3,(H,27,32). The highest BCUT2D eigenvalue weighted by molar-refractivity contribution is 5.75. The molecule has 0 bridgehead atoms. The summed E-state index contributed by atoms with van der Waals surface area (Å²) in [5.74, 6) is 1.31. The molecule has 1 aliphatic rings. The normalized spacial score (nSPS) is 15.1. The number of fused-ring (bicyclic) bond motifs is 1. The topological polar surface area (TPSA) is 85.0 Å². The lowest BCUT2D eigenvalue weighted by molar-refractivity contribution is 0.163. The van der Waals surface area contributed by atoms with Gasteiger partial charge in [-0.1, -0.05) is 38.1 Å². The SMILES string of the molecule is CC(C)NC(=O)N1CCC(Cn2c(=O)n(C)c3cnc(-c4ccccc4C(C)C)nc32)CC1. The molecule has 1 aromatic carbocycles. The predicted molar refractivity (Wildman–Crippen MR) is 130 cm³/mol. The highest BCUT2D eigenvalue weighted by Gasteiger charge is 2.25. The maximum atomic E-state index is 13.1. The van der Waals surface area contributed by atoms with Crippen LogP contribution < -0.4 is 11.0 Å². The zero-order valence-corrected chi connectivity index (χ0v) is 20.2. The van der Waals surface area contributed by atoms with Gasteiger partial charge < -0.3 is 10.2 Å². The number of hydrogen-bond donors (Lipinski definition) is 1. The third-order valence-corrected chi connectivity index (χ3v) is 6.46. The van der Waals surface area contributed by atoms with Crippen LogP contribution in [-0.4, -0.2) is 49.2 Å². The number of carbonyl (C=O) groups is 1. The summed E-state index contributed by atoms with van der Waals surface area (Å²) in [5, 5.41) is 2.96. The lowest BCUT2D eigenvalue weighted by atomic mass is 9.96. The summed E-state index contributed by atoms with van der Waals surface area (Å²) in [6.45, 7) is 10.2. The number of rotatable bonds is 5. The van der Waals surface area contributed by atoms with Crippen molar-refractivity contribution in [2.45, 2.75) is 59.0 Å². The van der Waals surface area contributed by atoms with Gasteiger partial charge in [0.2, 0.25) is 0 Å². The van der Waals surface area contributed by atoms with Crippen LogP contribution in [-0.2, 0) is 13.6 Å². The molecule has 0 spiro atoms. The third kappa shape index (κ3) is 4.65. The summed E-state index contributed by atoms with van der Waals surface area (Å²) in [4.78, 5) is 36.7. The van der Waals surface area contributed by atoms with E-state index in [0.717, 1.165) is 23.9 Å². The average molecular weight is 451 g/mol. The average Bonchev–Trinajstić information content (AvgIpc) is 3.03. The monoisotopic (exact) mass is 450 g/mol. The van der Waals surface area contributed by atoms with Gasteiger partial charge in [0, 0.05) is 38.3 Å². The van der Waals surface area contributed by atoms with E-state index in [1.165, 1.54) is 5.56 Å². The fourth-order valence-corrected chi connectivity index (χ4v) is 4.59. The van der Waals surface area contributed by atoms with Crippen molar-refractivity contribution < 1.29 is 4.79 Å². The van der Waals surface area contributed by atoms with Crippen LogP contribution in [0.15, 0.2) is 35.3 Å². The number of benzene rings is 1. The van der Waals surface area contributed by atoms with Gasteiger partial charge in [-0.2, -0.15) is 0 Å². The molecule has 1 aliphatic heterocycles. The summed E-state index contributed by atoms with van der Waals surface area (Å²) >= 11 is 0. The minimum absolute atomic E-state index is 0.00743. The van der Waals surface area contributed by atoms with Gasteiger partial charge in [0.05, 0.1) is 6.20 Å². The molecule has 8 nitrogen and oxygen atoms in total. The number of piperidine rings is 1. The molecule has 4 rings (SSSR count). The molecule has 0 atom stereocenters. The van der Waals surface area contributed by atoms with Crippen LogP contribution >= 0.6 is 0 Å². The highest BCUT2D eigenvalue weighted by atomic mass is 16.2. The Morgan fingerprint density at radius 1 is 1.15 bits per heavy atom. The predicted octanol–water partition coefficient (Wildman–Crippen LogP) is 3.75. The van der Waals surface area contributed by atoms with Crippen LogP contribution in [0.2, 0.25) is 0 Å². The van der Waals surface area contributed by atoms with E-state index in [2.05, 4.69) is 30.2 Å². The Bertz CT molecular complexity index is 1200. The second kappa shape index (κ2) is 9.37. The molecular weight excluding hydrogens is 416 g/mol. The van der Waals surface area contributed by atoms with Gasteiger partial charge in [0.1, 0.15) is 5.52 Å². The number of imidazole rings is 1. The number of urea groups is 1. The Morgan fingerprint density at radius 3 is 2.52 bits per heavy atom. The van der Waals surface area contributed by atoms with E-state index in [1.54, 1.807) is 22.4 Å². The van der Waals surface area contributed by atoms with E-state index < -0.39 is 0 Å². The zero-order valence-electron chi connectivity index (χ0n) is 20.2. The van der Waals surface area contributed by atoms with Crippen molar-refractivity contribution in [1.82, 2.24) is 29.3 Å². The number of carbonyl (C=O) groups excluding carboxylic acids is 1. The molecule has 0 unspecified atom stereocenters. The molecule has 33 heavy (non-hydrogen) atoms. The number of hydrogen-bond acceptors (Lipinski definition) is 4. The number of likely N-dealkylation sites (tertiary alicyclic amines) is 1. The molecule has 1 fully saturated rings. The Morgan fingerprint density at radius 2 is 1.85 bits per heavy atom. The number of nitrogens with zero attached hydrogens (tertiary/aromatic N) is 5. The first-order valence-electron chi connectivity index (χ1n) is 11.8. The molecule has 8 heteroatoms. The number of amides is 2. The van der Waals surface area contributed by atoms with E-state index in [0.29, 0.717) is 42.9 Å². The van der Waals surface area contributed by atoms with Crippen LogP contribution in [0, 0.1) is 5.92 Å².